The normalized spacial score (nSPS) is 10.8. The number of benzene rings is 1. The van der Waals surface area contributed by atoms with E-state index < -0.39 is 0 Å². The molecule has 1 aromatic carbocycles. The number of aromatic nitrogens is 3. The fraction of sp³-hybridized carbons (Fsp3) is 0.200. The van der Waals surface area contributed by atoms with E-state index in [1.807, 2.05) is 53.9 Å². The summed E-state index contributed by atoms with van der Waals surface area (Å²) < 4.78 is 7.22. The molecule has 3 aromatic rings. The van der Waals surface area contributed by atoms with Gasteiger partial charge in [-0.05, 0) is 25.1 Å². The summed E-state index contributed by atoms with van der Waals surface area (Å²) in [5, 5.41) is 4.53. The predicted octanol–water partition coefficient (Wildman–Crippen LogP) is 2.64. The highest BCUT2D eigenvalue weighted by Crippen LogP contribution is 2.20. The first-order chi connectivity index (χ1) is 9.28. The molecule has 0 radical (unpaired) electrons. The minimum absolute atomic E-state index is 0.672. The van der Waals surface area contributed by atoms with Crippen molar-refractivity contribution < 1.29 is 4.74 Å². The van der Waals surface area contributed by atoms with Crippen LogP contribution in [0.5, 0.6) is 5.75 Å². The Balaban J connectivity index is 1.99. The van der Waals surface area contributed by atoms with Gasteiger partial charge in [0.05, 0.1) is 7.11 Å². The molecule has 0 aliphatic rings. The van der Waals surface area contributed by atoms with Crippen LogP contribution in [0.4, 0.5) is 0 Å². The van der Waals surface area contributed by atoms with Crippen LogP contribution in [0, 0.1) is 6.92 Å². The van der Waals surface area contributed by atoms with E-state index >= 15 is 0 Å². The number of nitrogens with zero attached hydrogens (tertiary/aromatic N) is 3. The van der Waals surface area contributed by atoms with Crippen LogP contribution in [0.1, 0.15) is 17.1 Å². The van der Waals surface area contributed by atoms with Crippen LogP contribution >= 0.6 is 0 Å². The standard InChI is InChI=1S/C15H15N3O/c1-11-6-5-9-15-16-14(17-18(11)15)10-12-7-3-4-8-13(12)19-2/h3-9H,10H2,1-2H3. The quantitative estimate of drug-likeness (QED) is 0.720. The lowest BCUT2D eigenvalue weighted by atomic mass is 10.1. The van der Waals surface area contributed by atoms with Gasteiger partial charge in [0, 0.05) is 17.7 Å². The molecule has 0 spiro atoms. The summed E-state index contributed by atoms with van der Waals surface area (Å²) in [6.45, 7) is 2.02. The molecule has 0 saturated heterocycles. The number of fused-ring (bicyclic) bond motifs is 1. The SMILES string of the molecule is COc1ccccc1Cc1nc2cccc(C)n2n1. The fourth-order valence-corrected chi connectivity index (χ4v) is 2.17. The minimum Gasteiger partial charge on any atom is -0.496 e. The Kier molecular flexibility index (Phi) is 2.91. The zero-order valence-electron chi connectivity index (χ0n) is 11.0. The van der Waals surface area contributed by atoms with E-state index in [-0.39, 0.29) is 0 Å². The van der Waals surface area contributed by atoms with Gasteiger partial charge in [0.1, 0.15) is 5.75 Å². The second kappa shape index (κ2) is 4.72. The van der Waals surface area contributed by atoms with Crippen LogP contribution in [-0.2, 0) is 6.42 Å². The molecular weight excluding hydrogens is 238 g/mol. The molecule has 3 rings (SSSR count). The molecule has 0 saturated carbocycles. The van der Waals surface area contributed by atoms with E-state index in [0.717, 1.165) is 28.5 Å². The van der Waals surface area contributed by atoms with Crippen molar-refractivity contribution in [2.24, 2.45) is 0 Å². The Hall–Kier alpha value is -2.36. The molecule has 0 aliphatic heterocycles. The first-order valence-corrected chi connectivity index (χ1v) is 6.21. The lowest BCUT2D eigenvalue weighted by Crippen LogP contribution is -1.96. The highest BCUT2D eigenvalue weighted by Gasteiger charge is 2.08. The van der Waals surface area contributed by atoms with Crippen molar-refractivity contribution in [2.45, 2.75) is 13.3 Å². The van der Waals surface area contributed by atoms with Gasteiger partial charge in [-0.2, -0.15) is 5.10 Å². The third kappa shape index (κ3) is 2.17. The largest absolute Gasteiger partial charge is 0.496 e. The lowest BCUT2D eigenvalue weighted by Gasteiger charge is -2.05. The van der Waals surface area contributed by atoms with Gasteiger partial charge in [-0.15, -0.1) is 0 Å². The summed E-state index contributed by atoms with van der Waals surface area (Å²) in [5.74, 6) is 1.68. The average Bonchev–Trinajstić information content (AvgIpc) is 2.83. The van der Waals surface area contributed by atoms with Crippen molar-refractivity contribution >= 4 is 5.65 Å². The van der Waals surface area contributed by atoms with Crippen LogP contribution in [-0.4, -0.2) is 21.7 Å². The van der Waals surface area contributed by atoms with Crippen LogP contribution in [0.3, 0.4) is 0 Å². The van der Waals surface area contributed by atoms with Gasteiger partial charge in [-0.25, -0.2) is 9.50 Å². The average molecular weight is 253 g/mol. The highest BCUT2D eigenvalue weighted by atomic mass is 16.5. The van der Waals surface area contributed by atoms with E-state index in [9.17, 15) is 0 Å². The molecule has 0 fully saturated rings. The minimum atomic E-state index is 0.672. The van der Waals surface area contributed by atoms with Crippen LogP contribution in [0.15, 0.2) is 42.5 Å². The molecule has 0 aliphatic carbocycles. The fourth-order valence-electron chi connectivity index (χ4n) is 2.17. The number of rotatable bonds is 3. The molecule has 2 aromatic heterocycles. The van der Waals surface area contributed by atoms with Crippen molar-refractivity contribution in [3.63, 3.8) is 0 Å². The zero-order valence-corrected chi connectivity index (χ0v) is 11.0. The van der Waals surface area contributed by atoms with Crippen LogP contribution in [0.2, 0.25) is 0 Å². The summed E-state index contributed by atoms with van der Waals surface area (Å²) in [5.41, 5.74) is 3.06. The molecule has 4 heteroatoms. The molecule has 2 heterocycles. The Labute approximate surface area is 111 Å². The molecule has 0 unspecified atom stereocenters. The van der Waals surface area contributed by atoms with Gasteiger partial charge >= 0.3 is 0 Å². The summed E-state index contributed by atoms with van der Waals surface area (Å²) >= 11 is 0. The molecule has 0 bridgehead atoms. The zero-order chi connectivity index (χ0) is 13.2. The number of hydrogen-bond donors (Lipinski definition) is 0. The van der Waals surface area contributed by atoms with Gasteiger partial charge in [-0.1, -0.05) is 24.3 Å². The van der Waals surface area contributed by atoms with Gasteiger partial charge in [0.25, 0.3) is 0 Å². The van der Waals surface area contributed by atoms with Crippen molar-refractivity contribution in [1.29, 1.82) is 0 Å². The first kappa shape index (κ1) is 11.7. The Morgan fingerprint density at radius 1 is 1.11 bits per heavy atom. The lowest BCUT2D eigenvalue weighted by molar-refractivity contribution is 0.410. The summed E-state index contributed by atoms with van der Waals surface area (Å²) in [6.07, 6.45) is 0.672. The molecule has 96 valence electrons. The Morgan fingerprint density at radius 2 is 1.95 bits per heavy atom. The second-order valence-corrected chi connectivity index (χ2v) is 4.45. The van der Waals surface area contributed by atoms with Crippen molar-refractivity contribution in [1.82, 2.24) is 14.6 Å². The molecule has 4 nitrogen and oxygen atoms in total. The number of ether oxygens (including phenoxy) is 1. The number of methoxy groups -OCH3 is 1. The number of para-hydroxylation sites is 1. The smallest absolute Gasteiger partial charge is 0.156 e. The molecule has 0 amide bonds. The Morgan fingerprint density at radius 3 is 2.74 bits per heavy atom. The number of hydrogen-bond acceptors (Lipinski definition) is 3. The van der Waals surface area contributed by atoms with Crippen molar-refractivity contribution in [3.8, 4) is 5.75 Å². The van der Waals surface area contributed by atoms with Crippen molar-refractivity contribution in [2.75, 3.05) is 7.11 Å². The molecule has 0 atom stereocenters. The molecular formula is C15H15N3O. The van der Waals surface area contributed by atoms with Gasteiger partial charge in [0.15, 0.2) is 11.5 Å². The summed E-state index contributed by atoms with van der Waals surface area (Å²) in [7, 11) is 1.68. The molecule has 19 heavy (non-hydrogen) atoms. The Bertz CT molecular complexity index is 718. The van der Waals surface area contributed by atoms with Crippen molar-refractivity contribution in [3.05, 3.63) is 59.5 Å². The first-order valence-electron chi connectivity index (χ1n) is 6.21. The van der Waals surface area contributed by atoms with E-state index in [2.05, 4.69) is 10.1 Å². The second-order valence-electron chi connectivity index (χ2n) is 4.45. The highest BCUT2D eigenvalue weighted by molar-refractivity contribution is 5.40. The molecule has 0 N–H and O–H groups in total. The maximum atomic E-state index is 5.35. The van der Waals surface area contributed by atoms with Gasteiger partial charge in [0.2, 0.25) is 0 Å². The third-order valence-electron chi connectivity index (χ3n) is 3.13. The maximum Gasteiger partial charge on any atom is 0.156 e. The predicted molar refractivity (Wildman–Crippen MR) is 73.5 cm³/mol. The van der Waals surface area contributed by atoms with E-state index in [1.165, 1.54) is 0 Å². The van der Waals surface area contributed by atoms with Crippen LogP contribution in [0.25, 0.3) is 5.65 Å². The summed E-state index contributed by atoms with van der Waals surface area (Å²) in [4.78, 5) is 4.54. The van der Waals surface area contributed by atoms with Gasteiger partial charge in [-0.3, -0.25) is 0 Å². The van der Waals surface area contributed by atoms with E-state index in [0.29, 0.717) is 6.42 Å². The number of pyridine rings is 1. The van der Waals surface area contributed by atoms with E-state index in [4.69, 9.17) is 4.74 Å². The maximum absolute atomic E-state index is 5.35. The summed E-state index contributed by atoms with van der Waals surface area (Å²) in [6, 6.07) is 13.9. The number of aryl methyl sites for hydroxylation is 1. The van der Waals surface area contributed by atoms with E-state index in [1.54, 1.807) is 7.11 Å². The van der Waals surface area contributed by atoms with Crippen LogP contribution < -0.4 is 4.74 Å². The third-order valence-corrected chi connectivity index (χ3v) is 3.13. The topological polar surface area (TPSA) is 39.4 Å². The monoisotopic (exact) mass is 253 g/mol. The van der Waals surface area contributed by atoms with Gasteiger partial charge < -0.3 is 4.74 Å².